The van der Waals surface area contributed by atoms with E-state index in [2.05, 4.69) is 0 Å². The minimum atomic E-state index is -4.29. The zero-order valence-electron chi connectivity index (χ0n) is 11.7. The molecule has 1 aromatic rings. The minimum Gasteiger partial charge on any atom is -0.166 e. The van der Waals surface area contributed by atoms with Crippen LogP contribution in [0.4, 0.5) is 13.2 Å². The summed E-state index contributed by atoms with van der Waals surface area (Å²) in [7, 11) is 0. The van der Waals surface area contributed by atoms with E-state index in [1.807, 2.05) is 39.0 Å². The van der Waals surface area contributed by atoms with Crippen molar-refractivity contribution in [2.75, 3.05) is 0 Å². The predicted octanol–water partition coefficient (Wildman–Crippen LogP) is 5.64. The third-order valence-corrected chi connectivity index (χ3v) is 3.20. The van der Waals surface area contributed by atoms with Crippen LogP contribution in [0.3, 0.4) is 0 Å². The van der Waals surface area contributed by atoms with Gasteiger partial charge in [0.1, 0.15) is 0 Å². The van der Waals surface area contributed by atoms with Gasteiger partial charge in [0.25, 0.3) is 0 Å². The SMILES string of the molecule is C/C=C(C)\C=C/[C@H](C)c1ccc(C)c(C(F)(F)F)c1. The molecule has 0 aliphatic rings. The number of allylic oxidation sites excluding steroid dienone is 4. The van der Waals surface area contributed by atoms with Crippen LogP contribution in [-0.2, 0) is 6.18 Å². The molecule has 0 unspecified atom stereocenters. The first-order chi connectivity index (χ1) is 8.75. The van der Waals surface area contributed by atoms with E-state index in [0.29, 0.717) is 5.56 Å². The van der Waals surface area contributed by atoms with Gasteiger partial charge in [0.05, 0.1) is 5.56 Å². The highest BCUT2D eigenvalue weighted by Gasteiger charge is 2.32. The van der Waals surface area contributed by atoms with Gasteiger partial charge in [-0.15, -0.1) is 0 Å². The highest BCUT2D eigenvalue weighted by atomic mass is 19.4. The van der Waals surface area contributed by atoms with Crippen molar-refractivity contribution in [2.45, 2.75) is 39.8 Å². The topological polar surface area (TPSA) is 0 Å². The summed E-state index contributed by atoms with van der Waals surface area (Å²) >= 11 is 0. The summed E-state index contributed by atoms with van der Waals surface area (Å²) in [5.74, 6) is -0.0448. The number of aryl methyl sites for hydroxylation is 1. The van der Waals surface area contributed by atoms with Gasteiger partial charge in [0.15, 0.2) is 0 Å². The third-order valence-electron chi connectivity index (χ3n) is 3.20. The Morgan fingerprint density at radius 2 is 1.89 bits per heavy atom. The average molecular weight is 268 g/mol. The maximum absolute atomic E-state index is 12.8. The fourth-order valence-electron chi connectivity index (χ4n) is 1.73. The predicted molar refractivity (Wildman–Crippen MR) is 73.2 cm³/mol. The van der Waals surface area contributed by atoms with Gasteiger partial charge in [0, 0.05) is 0 Å². The van der Waals surface area contributed by atoms with E-state index < -0.39 is 11.7 Å². The number of benzene rings is 1. The molecule has 0 nitrogen and oxygen atoms in total. The van der Waals surface area contributed by atoms with E-state index >= 15 is 0 Å². The Morgan fingerprint density at radius 3 is 2.42 bits per heavy atom. The molecule has 0 heterocycles. The van der Waals surface area contributed by atoms with Crippen LogP contribution in [0.1, 0.15) is 43.4 Å². The summed E-state index contributed by atoms with van der Waals surface area (Å²) in [6, 6.07) is 4.53. The van der Waals surface area contributed by atoms with Crippen molar-refractivity contribution in [3.63, 3.8) is 0 Å². The summed E-state index contributed by atoms with van der Waals surface area (Å²) in [4.78, 5) is 0. The van der Waals surface area contributed by atoms with Crippen LogP contribution in [0.2, 0.25) is 0 Å². The van der Waals surface area contributed by atoms with Crippen molar-refractivity contribution in [2.24, 2.45) is 0 Å². The van der Waals surface area contributed by atoms with Crippen LogP contribution in [0.15, 0.2) is 42.0 Å². The van der Waals surface area contributed by atoms with Crippen molar-refractivity contribution in [1.29, 1.82) is 0 Å². The molecule has 0 N–H and O–H groups in total. The fourth-order valence-corrected chi connectivity index (χ4v) is 1.73. The third kappa shape index (κ3) is 4.27. The summed E-state index contributed by atoms with van der Waals surface area (Å²) in [5, 5.41) is 0. The molecule has 19 heavy (non-hydrogen) atoms. The first kappa shape index (κ1) is 15.5. The van der Waals surface area contributed by atoms with E-state index in [1.54, 1.807) is 6.07 Å². The summed E-state index contributed by atoms with van der Waals surface area (Å²) < 4.78 is 38.5. The van der Waals surface area contributed by atoms with Crippen LogP contribution in [0, 0.1) is 6.92 Å². The highest BCUT2D eigenvalue weighted by Crippen LogP contribution is 2.33. The molecule has 0 aliphatic heterocycles. The van der Waals surface area contributed by atoms with Crippen LogP contribution >= 0.6 is 0 Å². The average Bonchev–Trinajstić information content (AvgIpc) is 2.34. The molecule has 0 bridgehead atoms. The van der Waals surface area contributed by atoms with E-state index in [-0.39, 0.29) is 11.5 Å². The quantitative estimate of drug-likeness (QED) is 0.622. The molecule has 0 spiro atoms. The van der Waals surface area contributed by atoms with Gasteiger partial charge in [-0.3, -0.25) is 0 Å². The first-order valence-electron chi connectivity index (χ1n) is 6.24. The van der Waals surface area contributed by atoms with Gasteiger partial charge in [-0.2, -0.15) is 13.2 Å². The summed E-state index contributed by atoms with van der Waals surface area (Å²) in [5.41, 5.74) is 1.48. The molecular weight excluding hydrogens is 249 g/mol. The zero-order chi connectivity index (χ0) is 14.6. The molecule has 0 aliphatic carbocycles. The standard InChI is InChI=1S/C16H19F3/c1-5-11(2)6-7-12(3)14-9-8-13(4)15(10-14)16(17,18)19/h5-10,12H,1-4H3/b7-6-,11-5-/t12-/m0/s1. The van der Waals surface area contributed by atoms with Gasteiger partial charge < -0.3 is 0 Å². The Morgan fingerprint density at radius 1 is 1.26 bits per heavy atom. The largest absolute Gasteiger partial charge is 0.416 e. The normalized spacial score (nSPS) is 15.0. The van der Waals surface area contributed by atoms with Crippen molar-refractivity contribution < 1.29 is 13.2 Å². The molecule has 1 atom stereocenters. The van der Waals surface area contributed by atoms with E-state index in [0.717, 1.165) is 5.57 Å². The maximum atomic E-state index is 12.8. The molecular formula is C16H19F3. The molecule has 1 rings (SSSR count). The molecule has 0 radical (unpaired) electrons. The number of alkyl halides is 3. The highest BCUT2D eigenvalue weighted by molar-refractivity contribution is 5.36. The Bertz CT molecular complexity index is 493. The lowest BCUT2D eigenvalue weighted by atomic mass is 9.95. The smallest absolute Gasteiger partial charge is 0.166 e. The van der Waals surface area contributed by atoms with Gasteiger partial charge in [0.2, 0.25) is 0 Å². The number of hydrogen-bond acceptors (Lipinski definition) is 0. The van der Waals surface area contributed by atoms with E-state index in [1.165, 1.54) is 19.1 Å². The zero-order valence-corrected chi connectivity index (χ0v) is 11.7. The van der Waals surface area contributed by atoms with Crippen molar-refractivity contribution in [3.05, 3.63) is 58.7 Å². The first-order valence-corrected chi connectivity index (χ1v) is 6.24. The van der Waals surface area contributed by atoms with E-state index in [4.69, 9.17) is 0 Å². The molecule has 3 heteroatoms. The van der Waals surface area contributed by atoms with Crippen molar-refractivity contribution in [1.82, 2.24) is 0 Å². The summed E-state index contributed by atoms with van der Waals surface area (Å²) in [6.45, 7) is 7.26. The molecule has 104 valence electrons. The second-order valence-corrected chi connectivity index (χ2v) is 4.75. The molecule has 0 saturated carbocycles. The van der Waals surface area contributed by atoms with Gasteiger partial charge in [-0.05, 0) is 43.9 Å². The van der Waals surface area contributed by atoms with Crippen LogP contribution in [-0.4, -0.2) is 0 Å². The maximum Gasteiger partial charge on any atom is 0.416 e. The minimum absolute atomic E-state index is 0.0448. The number of halogens is 3. The van der Waals surface area contributed by atoms with Crippen LogP contribution in [0.5, 0.6) is 0 Å². The molecule has 0 amide bonds. The molecule has 0 aromatic heterocycles. The lowest BCUT2D eigenvalue weighted by Crippen LogP contribution is -2.08. The Labute approximate surface area is 112 Å². The lowest BCUT2D eigenvalue weighted by molar-refractivity contribution is -0.138. The molecule has 1 aromatic carbocycles. The van der Waals surface area contributed by atoms with Gasteiger partial charge in [-0.1, -0.05) is 42.9 Å². The number of rotatable bonds is 3. The Balaban J connectivity index is 3.06. The summed E-state index contributed by atoms with van der Waals surface area (Å²) in [6.07, 6.45) is 1.51. The van der Waals surface area contributed by atoms with Gasteiger partial charge in [-0.25, -0.2) is 0 Å². The van der Waals surface area contributed by atoms with Gasteiger partial charge >= 0.3 is 6.18 Å². The van der Waals surface area contributed by atoms with Crippen LogP contribution in [0.25, 0.3) is 0 Å². The fraction of sp³-hybridized carbons (Fsp3) is 0.375. The monoisotopic (exact) mass is 268 g/mol. The van der Waals surface area contributed by atoms with Crippen molar-refractivity contribution >= 4 is 0 Å². The lowest BCUT2D eigenvalue weighted by Gasteiger charge is -2.14. The van der Waals surface area contributed by atoms with E-state index in [9.17, 15) is 13.2 Å². The second kappa shape index (κ2) is 6.09. The Kier molecular flexibility index (Phi) is 4.98. The molecule has 0 fully saturated rings. The number of hydrogen-bond donors (Lipinski definition) is 0. The van der Waals surface area contributed by atoms with Crippen molar-refractivity contribution in [3.8, 4) is 0 Å². The molecule has 0 saturated heterocycles. The Hall–Kier alpha value is -1.51. The van der Waals surface area contributed by atoms with Crippen LogP contribution < -0.4 is 0 Å². The second-order valence-electron chi connectivity index (χ2n) is 4.75.